The van der Waals surface area contributed by atoms with Gasteiger partial charge in [0.15, 0.2) is 0 Å². The summed E-state index contributed by atoms with van der Waals surface area (Å²) in [7, 11) is 0. The van der Waals surface area contributed by atoms with E-state index in [0.717, 1.165) is 32.2 Å². The molecule has 0 unspecified atom stereocenters. The van der Waals surface area contributed by atoms with Crippen LogP contribution in [0.1, 0.15) is 32.6 Å². The highest BCUT2D eigenvalue weighted by atomic mass is 16.5. The molecule has 0 radical (unpaired) electrons. The van der Waals surface area contributed by atoms with Gasteiger partial charge in [-0.1, -0.05) is 26.2 Å². The second-order valence-corrected chi connectivity index (χ2v) is 3.55. The Morgan fingerprint density at radius 2 is 2.17 bits per heavy atom. The normalized spacial score (nSPS) is 17.8. The van der Waals surface area contributed by atoms with Crippen LogP contribution in [0.2, 0.25) is 0 Å². The van der Waals surface area contributed by atoms with E-state index in [1.807, 2.05) is 0 Å². The van der Waals surface area contributed by atoms with Gasteiger partial charge in [-0.15, -0.1) is 0 Å². The van der Waals surface area contributed by atoms with E-state index in [0.29, 0.717) is 0 Å². The Hall–Kier alpha value is -0.0800. The van der Waals surface area contributed by atoms with Crippen LogP contribution in [-0.4, -0.2) is 26.3 Å². The Balaban J connectivity index is 1.70. The number of hydrogen-bond acceptors (Lipinski definition) is 2. The summed E-state index contributed by atoms with van der Waals surface area (Å²) in [6, 6.07) is 0. The Labute approximate surface area is 75.7 Å². The van der Waals surface area contributed by atoms with Crippen molar-refractivity contribution in [3.63, 3.8) is 0 Å². The molecule has 1 rings (SSSR count). The number of hydrogen-bond donors (Lipinski definition) is 1. The maximum absolute atomic E-state index is 5.48. The van der Waals surface area contributed by atoms with Gasteiger partial charge >= 0.3 is 0 Å². The zero-order valence-electron chi connectivity index (χ0n) is 8.14. The molecule has 1 aliphatic carbocycles. The highest BCUT2D eigenvalue weighted by Gasteiger charge is 2.16. The van der Waals surface area contributed by atoms with E-state index in [-0.39, 0.29) is 0 Å². The molecular formula is C10H21NO. The molecule has 0 saturated heterocycles. The van der Waals surface area contributed by atoms with Crippen LogP contribution in [0.25, 0.3) is 0 Å². The molecule has 0 aliphatic heterocycles. The molecule has 0 atom stereocenters. The number of rotatable bonds is 7. The van der Waals surface area contributed by atoms with Crippen LogP contribution in [0.15, 0.2) is 0 Å². The molecule has 0 bridgehead atoms. The summed E-state index contributed by atoms with van der Waals surface area (Å²) in [5, 5.41) is 3.24. The molecule has 1 aliphatic rings. The van der Waals surface area contributed by atoms with Crippen molar-refractivity contribution in [2.24, 2.45) is 5.92 Å². The van der Waals surface area contributed by atoms with Crippen LogP contribution in [0.4, 0.5) is 0 Å². The maximum atomic E-state index is 5.48. The van der Waals surface area contributed by atoms with Crippen molar-refractivity contribution in [1.82, 2.24) is 5.32 Å². The first kappa shape index (κ1) is 10.0. The molecule has 1 N–H and O–H groups in total. The summed E-state index contributed by atoms with van der Waals surface area (Å²) in [5.41, 5.74) is 0. The number of nitrogens with one attached hydrogen (secondary N) is 1. The second-order valence-electron chi connectivity index (χ2n) is 3.55. The molecule has 0 spiro atoms. The van der Waals surface area contributed by atoms with Gasteiger partial charge in [0.05, 0.1) is 6.61 Å². The first-order chi connectivity index (χ1) is 5.93. The van der Waals surface area contributed by atoms with E-state index in [1.54, 1.807) is 0 Å². The van der Waals surface area contributed by atoms with E-state index in [9.17, 15) is 0 Å². The predicted octanol–water partition coefficient (Wildman–Crippen LogP) is 1.80. The van der Waals surface area contributed by atoms with Crippen LogP contribution in [-0.2, 0) is 4.74 Å². The molecule has 72 valence electrons. The fourth-order valence-corrected chi connectivity index (χ4v) is 1.45. The largest absolute Gasteiger partial charge is 0.380 e. The molecule has 0 aromatic carbocycles. The summed E-state index contributed by atoms with van der Waals surface area (Å²) in [5.74, 6) is 0.990. The van der Waals surface area contributed by atoms with Crippen molar-refractivity contribution in [2.45, 2.75) is 32.6 Å². The molecular weight excluding hydrogens is 150 g/mol. The van der Waals surface area contributed by atoms with Crippen LogP contribution < -0.4 is 5.32 Å². The topological polar surface area (TPSA) is 21.3 Å². The lowest BCUT2D eigenvalue weighted by Crippen LogP contribution is -2.20. The fourth-order valence-electron chi connectivity index (χ4n) is 1.45. The molecule has 0 amide bonds. The minimum absolute atomic E-state index is 0.876. The number of likely N-dealkylation sites (N-methyl/N-ethyl adjacent to an activating group) is 1. The first-order valence-corrected chi connectivity index (χ1v) is 5.22. The lowest BCUT2D eigenvalue weighted by Gasteiger charge is -2.24. The molecule has 1 fully saturated rings. The van der Waals surface area contributed by atoms with Gasteiger partial charge in [-0.25, -0.2) is 0 Å². The first-order valence-electron chi connectivity index (χ1n) is 5.22. The zero-order valence-corrected chi connectivity index (χ0v) is 8.14. The third-order valence-corrected chi connectivity index (χ3v) is 2.57. The van der Waals surface area contributed by atoms with Gasteiger partial charge in [0.25, 0.3) is 0 Å². The monoisotopic (exact) mass is 171 g/mol. The van der Waals surface area contributed by atoms with Crippen molar-refractivity contribution >= 4 is 0 Å². The highest BCUT2D eigenvalue weighted by molar-refractivity contribution is 4.68. The van der Waals surface area contributed by atoms with Crippen LogP contribution in [0.3, 0.4) is 0 Å². The second kappa shape index (κ2) is 6.44. The van der Waals surface area contributed by atoms with Crippen LogP contribution >= 0.6 is 0 Å². The molecule has 1 saturated carbocycles. The highest BCUT2D eigenvalue weighted by Crippen LogP contribution is 2.28. The zero-order chi connectivity index (χ0) is 8.65. The fraction of sp³-hybridized carbons (Fsp3) is 1.00. The van der Waals surface area contributed by atoms with Gasteiger partial charge in [-0.05, 0) is 18.9 Å². The third-order valence-electron chi connectivity index (χ3n) is 2.57. The molecule has 12 heavy (non-hydrogen) atoms. The summed E-state index contributed by atoms with van der Waals surface area (Å²) >= 11 is 0. The van der Waals surface area contributed by atoms with E-state index in [2.05, 4.69) is 12.2 Å². The van der Waals surface area contributed by atoms with Crippen LogP contribution in [0.5, 0.6) is 0 Å². The Morgan fingerprint density at radius 1 is 1.33 bits per heavy atom. The van der Waals surface area contributed by atoms with Crippen molar-refractivity contribution in [3.8, 4) is 0 Å². The molecule has 2 nitrogen and oxygen atoms in total. The standard InChI is InChI=1S/C10H21NO/c1-2-11-7-9-12-8-6-10-4-3-5-10/h10-11H,2-9H2,1H3. The summed E-state index contributed by atoms with van der Waals surface area (Å²) in [6.45, 7) is 6.01. The summed E-state index contributed by atoms with van der Waals surface area (Å²) in [6.07, 6.45) is 5.61. The van der Waals surface area contributed by atoms with Gasteiger partial charge in [0.1, 0.15) is 0 Å². The minimum Gasteiger partial charge on any atom is -0.380 e. The predicted molar refractivity (Wildman–Crippen MR) is 51.3 cm³/mol. The van der Waals surface area contributed by atoms with Crippen molar-refractivity contribution in [1.29, 1.82) is 0 Å². The molecule has 2 heteroatoms. The molecule has 0 aromatic rings. The SMILES string of the molecule is CCNCCOCCC1CCC1. The van der Waals surface area contributed by atoms with Crippen molar-refractivity contribution in [2.75, 3.05) is 26.3 Å². The van der Waals surface area contributed by atoms with Crippen molar-refractivity contribution < 1.29 is 4.74 Å². The maximum Gasteiger partial charge on any atom is 0.0590 e. The van der Waals surface area contributed by atoms with E-state index < -0.39 is 0 Å². The summed E-state index contributed by atoms with van der Waals surface area (Å²) in [4.78, 5) is 0. The third kappa shape index (κ3) is 4.07. The van der Waals surface area contributed by atoms with E-state index >= 15 is 0 Å². The Bertz CT molecular complexity index is 102. The smallest absolute Gasteiger partial charge is 0.0590 e. The average molecular weight is 171 g/mol. The van der Waals surface area contributed by atoms with Gasteiger partial charge in [-0.3, -0.25) is 0 Å². The lowest BCUT2D eigenvalue weighted by molar-refractivity contribution is 0.108. The van der Waals surface area contributed by atoms with Gasteiger partial charge in [0.2, 0.25) is 0 Å². The Kier molecular flexibility index (Phi) is 5.37. The average Bonchev–Trinajstić information content (AvgIpc) is 2.00. The molecule has 0 heterocycles. The number of ether oxygens (including phenoxy) is 1. The quantitative estimate of drug-likeness (QED) is 0.590. The van der Waals surface area contributed by atoms with Gasteiger partial charge in [0, 0.05) is 13.2 Å². The van der Waals surface area contributed by atoms with Gasteiger partial charge in [-0.2, -0.15) is 0 Å². The van der Waals surface area contributed by atoms with Crippen molar-refractivity contribution in [3.05, 3.63) is 0 Å². The van der Waals surface area contributed by atoms with Crippen LogP contribution in [0, 0.1) is 5.92 Å². The van der Waals surface area contributed by atoms with Gasteiger partial charge < -0.3 is 10.1 Å². The summed E-state index contributed by atoms with van der Waals surface area (Å²) < 4.78 is 5.48. The van der Waals surface area contributed by atoms with E-state index in [4.69, 9.17) is 4.74 Å². The minimum atomic E-state index is 0.876. The molecule has 0 aromatic heterocycles. The lowest BCUT2D eigenvalue weighted by atomic mass is 9.83. The Morgan fingerprint density at radius 3 is 2.75 bits per heavy atom. The van der Waals surface area contributed by atoms with E-state index in [1.165, 1.54) is 25.7 Å².